The number of nitriles is 1. The molecule has 0 aromatic heterocycles. The van der Waals surface area contributed by atoms with E-state index in [1.54, 1.807) is 12.1 Å². The molecule has 0 saturated heterocycles. The Hall–Kier alpha value is -2.91. The van der Waals surface area contributed by atoms with Gasteiger partial charge < -0.3 is 24.1 Å². The van der Waals surface area contributed by atoms with Gasteiger partial charge in [0.2, 0.25) is 5.75 Å². The predicted octanol–water partition coefficient (Wildman–Crippen LogP) is 0.381. The normalized spacial score (nSPS) is 18.9. The van der Waals surface area contributed by atoms with Crippen LogP contribution in [0.5, 0.6) is 17.2 Å². The van der Waals surface area contributed by atoms with Gasteiger partial charge in [0.05, 0.1) is 21.3 Å². The lowest BCUT2D eigenvalue weighted by Gasteiger charge is -2.27. The summed E-state index contributed by atoms with van der Waals surface area (Å²) < 4.78 is 22.2. The Bertz CT molecular complexity index is 891. The smallest absolute Gasteiger partial charge is 0.203 e. The number of nitrogens with zero attached hydrogens (tertiary/aromatic N) is 1. The van der Waals surface area contributed by atoms with Crippen LogP contribution in [0.3, 0.4) is 0 Å². The number of methoxy groups -OCH3 is 3. The molecule has 2 aliphatic rings. The first-order valence-electron chi connectivity index (χ1n) is 7.32. The summed E-state index contributed by atoms with van der Waals surface area (Å²) >= 11 is 0. The maximum absolute atomic E-state index is 10.1. The predicted molar refractivity (Wildman–Crippen MR) is 86.9 cm³/mol. The largest absolute Gasteiger partial charge is 0.493 e. The van der Waals surface area contributed by atoms with Gasteiger partial charge in [0.25, 0.3) is 0 Å². The highest BCUT2D eigenvalue weighted by Gasteiger charge is 2.29. The van der Waals surface area contributed by atoms with Crippen LogP contribution in [0.4, 0.5) is 0 Å². The van der Waals surface area contributed by atoms with Crippen LogP contribution in [0.15, 0.2) is 30.4 Å². The number of aliphatic hydroxyl groups excluding tert-OH is 1. The number of benzene rings is 1. The van der Waals surface area contributed by atoms with Gasteiger partial charge in [-0.25, -0.2) is 0 Å². The Morgan fingerprint density at radius 2 is 1.92 bits per heavy atom. The van der Waals surface area contributed by atoms with E-state index in [1.165, 1.54) is 21.3 Å². The van der Waals surface area contributed by atoms with E-state index < -0.39 is 12.2 Å². The summed E-state index contributed by atoms with van der Waals surface area (Å²) in [6, 6.07) is 3.49. The zero-order valence-corrected chi connectivity index (χ0v) is 13.6. The van der Waals surface area contributed by atoms with Crippen molar-refractivity contribution in [3.05, 3.63) is 40.8 Å². The summed E-state index contributed by atoms with van der Waals surface area (Å²) in [7, 11) is 4.57. The summed E-state index contributed by atoms with van der Waals surface area (Å²) in [6.07, 6.45) is 5.69. The third-order valence-electron chi connectivity index (χ3n) is 3.99. The van der Waals surface area contributed by atoms with Gasteiger partial charge in [-0.05, 0) is 12.1 Å². The van der Waals surface area contributed by atoms with E-state index in [0.29, 0.717) is 22.5 Å². The third-order valence-corrected chi connectivity index (χ3v) is 3.99. The number of ether oxygens (including phenoxy) is 4. The molecule has 0 saturated carbocycles. The lowest BCUT2D eigenvalue weighted by molar-refractivity contribution is 0.176. The quantitative estimate of drug-likeness (QED) is 0.806. The molecule has 6 heteroatoms. The fraction of sp³-hybridized carbons (Fsp3) is 0.278. The fourth-order valence-electron chi connectivity index (χ4n) is 2.96. The van der Waals surface area contributed by atoms with Crippen LogP contribution in [0.25, 0.3) is 11.3 Å². The number of aliphatic hydroxyl groups is 1. The average Bonchev–Trinajstić information content (AvgIpc) is 2.64. The topological polar surface area (TPSA) is 80.9 Å². The highest BCUT2D eigenvalue weighted by atomic mass is 16.5. The zero-order chi connectivity index (χ0) is 17.3. The molecule has 6 nitrogen and oxygen atoms in total. The highest BCUT2D eigenvalue weighted by Crippen LogP contribution is 2.35. The molecule has 124 valence electrons. The van der Waals surface area contributed by atoms with Crippen LogP contribution in [0.1, 0.15) is 0 Å². The summed E-state index contributed by atoms with van der Waals surface area (Å²) in [5.41, 5.74) is 0.860. The first-order valence-corrected chi connectivity index (χ1v) is 7.32. The third kappa shape index (κ3) is 2.30. The fourth-order valence-corrected chi connectivity index (χ4v) is 2.96. The maximum atomic E-state index is 10.1. The second kappa shape index (κ2) is 6.30. The van der Waals surface area contributed by atoms with Gasteiger partial charge in [0.15, 0.2) is 17.6 Å². The minimum Gasteiger partial charge on any atom is -0.493 e. The molecular formula is C18H17NO5. The van der Waals surface area contributed by atoms with E-state index in [2.05, 4.69) is 0 Å². The maximum Gasteiger partial charge on any atom is 0.203 e. The second-order valence-corrected chi connectivity index (χ2v) is 5.20. The molecule has 2 unspecified atom stereocenters. The molecule has 1 N–H and O–H groups in total. The molecule has 1 aliphatic carbocycles. The van der Waals surface area contributed by atoms with E-state index in [0.717, 1.165) is 10.8 Å². The van der Waals surface area contributed by atoms with Gasteiger partial charge in [-0.2, -0.15) is 5.26 Å². The molecule has 1 aliphatic heterocycles. The van der Waals surface area contributed by atoms with Crippen LogP contribution >= 0.6 is 0 Å². The van der Waals surface area contributed by atoms with Crippen molar-refractivity contribution in [1.29, 1.82) is 5.26 Å². The minimum absolute atomic E-state index is 0.167. The Balaban J connectivity index is 2.54. The molecule has 1 heterocycles. The van der Waals surface area contributed by atoms with Gasteiger partial charge in [-0.3, -0.25) is 0 Å². The van der Waals surface area contributed by atoms with E-state index in [4.69, 9.17) is 24.2 Å². The van der Waals surface area contributed by atoms with Gasteiger partial charge in [0, 0.05) is 16.0 Å². The van der Waals surface area contributed by atoms with Gasteiger partial charge in [0.1, 0.15) is 17.9 Å². The highest BCUT2D eigenvalue weighted by molar-refractivity contribution is 5.74. The molecule has 0 spiro atoms. The standard InChI is InChI=1S/C18H17NO5/c1-21-14-8-11-15(18(23-3)17(14)22-2)10-6-4-5-7-13(10)24-16(11)12(20)9-19/h4-8,12-13,20H,1-3H3. The van der Waals surface area contributed by atoms with Crippen LogP contribution in [0, 0.1) is 11.3 Å². The number of hydrogen-bond donors (Lipinski definition) is 1. The molecule has 24 heavy (non-hydrogen) atoms. The monoisotopic (exact) mass is 327 g/mol. The van der Waals surface area contributed by atoms with E-state index >= 15 is 0 Å². The Morgan fingerprint density at radius 3 is 2.54 bits per heavy atom. The zero-order valence-electron chi connectivity index (χ0n) is 13.6. The average molecular weight is 327 g/mol. The van der Waals surface area contributed by atoms with Crippen LogP contribution in [-0.2, 0) is 4.74 Å². The summed E-state index contributed by atoms with van der Waals surface area (Å²) in [5.74, 6) is 1.51. The van der Waals surface area contributed by atoms with Crippen LogP contribution in [0.2, 0.25) is 0 Å². The van der Waals surface area contributed by atoms with E-state index in [-0.39, 0.29) is 5.76 Å². The lowest BCUT2D eigenvalue weighted by atomic mass is 9.96. The van der Waals surface area contributed by atoms with E-state index in [1.807, 2.05) is 24.3 Å². The molecular weight excluding hydrogens is 310 g/mol. The van der Waals surface area contributed by atoms with Crippen LogP contribution in [-0.4, -0.2) is 38.6 Å². The van der Waals surface area contributed by atoms with Crippen molar-refractivity contribution in [2.75, 3.05) is 21.3 Å². The van der Waals surface area contributed by atoms with Gasteiger partial charge in [-0.1, -0.05) is 18.2 Å². The molecule has 1 aromatic carbocycles. The van der Waals surface area contributed by atoms with E-state index in [9.17, 15) is 5.11 Å². The number of allylic oxidation sites excluding steroid dienone is 2. The number of hydrogen-bond acceptors (Lipinski definition) is 6. The van der Waals surface area contributed by atoms with Crippen LogP contribution < -0.4 is 24.6 Å². The Labute approximate surface area is 139 Å². The summed E-state index contributed by atoms with van der Waals surface area (Å²) in [6.45, 7) is 0. The van der Waals surface area contributed by atoms with Crippen molar-refractivity contribution in [3.63, 3.8) is 0 Å². The molecule has 0 bridgehead atoms. The lowest BCUT2D eigenvalue weighted by Crippen LogP contribution is -2.42. The molecule has 0 radical (unpaired) electrons. The second-order valence-electron chi connectivity index (χ2n) is 5.20. The SMILES string of the molecule is COc1cc2c(c(OC)c1OC)=C1C=CC=CC1OC=2C(O)C#N. The Morgan fingerprint density at radius 1 is 1.17 bits per heavy atom. The Kier molecular flexibility index (Phi) is 4.19. The minimum atomic E-state index is -1.40. The molecule has 0 amide bonds. The first kappa shape index (κ1) is 16.0. The van der Waals surface area contributed by atoms with Crippen molar-refractivity contribution in [1.82, 2.24) is 0 Å². The number of fused-ring (bicyclic) bond motifs is 2. The number of rotatable bonds is 4. The van der Waals surface area contributed by atoms with Crippen molar-refractivity contribution in [2.24, 2.45) is 0 Å². The van der Waals surface area contributed by atoms with Gasteiger partial charge >= 0.3 is 0 Å². The van der Waals surface area contributed by atoms with Crippen molar-refractivity contribution in [2.45, 2.75) is 12.2 Å². The molecule has 3 rings (SSSR count). The van der Waals surface area contributed by atoms with Crippen molar-refractivity contribution >= 4 is 11.3 Å². The van der Waals surface area contributed by atoms with Crippen molar-refractivity contribution < 1.29 is 24.1 Å². The van der Waals surface area contributed by atoms with Gasteiger partial charge in [-0.15, -0.1) is 0 Å². The summed E-state index contributed by atoms with van der Waals surface area (Å²) in [5, 5.41) is 20.5. The molecule has 1 aromatic rings. The first-order chi connectivity index (χ1) is 11.7. The molecule has 0 fully saturated rings. The van der Waals surface area contributed by atoms with Crippen molar-refractivity contribution in [3.8, 4) is 23.3 Å². The molecule has 2 atom stereocenters. The summed E-state index contributed by atoms with van der Waals surface area (Å²) in [4.78, 5) is 0.